The van der Waals surface area contributed by atoms with Gasteiger partial charge < -0.3 is 31.5 Å². The van der Waals surface area contributed by atoms with Crippen molar-refractivity contribution in [2.75, 3.05) is 25.2 Å². The molecule has 1 saturated heterocycles. The van der Waals surface area contributed by atoms with Gasteiger partial charge in [0.2, 0.25) is 0 Å². The molecule has 1 aromatic rings. The molecule has 3 heterocycles. The molecule has 30 heavy (non-hydrogen) atoms. The molecule has 0 radical (unpaired) electrons. The van der Waals surface area contributed by atoms with Crippen molar-refractivity contribution in [3.63, 3.8) is 0 Å². The van der Waals surface area contributed by atoms with Gasteiger partial charge >= 0.3 is 12.1 Å². The van der Waals surface area contributed by atoms with Crippen LogP contribution in [0.15, 0.2) is 21.8 Å². The van der Waals surface area contributed by atoms with Crippen molar-refractivity contribution in [3.8, 4) is 0 Å². The van der Waals surface area contributed by atoms with Crippen molar-refractivity contribution >= 4 is 57.8 Å². The first-order valence-electron chi connectivity index (χ1n) is 8.20. The molecule has 3 rings (SSSR count). The SMILES string of the molecule is CO/N=C(\C(=O)N[C@@H]1C(=O)N2C(C(=O)O)=C(COC(N)=O)CS[C@H]12)c1csc(N)n1. The second-order valence-corrected chi connectivity index (χ2v) is 7.91. The van der Waals surface area contributed by atoms with Crippen LogP contribution < -0.4 is 16.8 Å². The highest BCUT2D eigenvalue weighted by molar-refractivity contribution is 8.00. The van der Waals surface area contributed by atoms with E-state index in [0.29, 0.717) is 0 Å². The smallest absolute Gasteiger partial charge is 0.404 e. The number of fused-ring (bicyclic) bond motifs is 1. The minimum atomic E-state index is -1.36. The third-order valence-electron chi connectivity index (χ3n) is 4.09. The van der Waals surface area contributed by atoms with Gasteiger partial charge in [0.05, 0.1) is 0 Å². The average molecular weight is 456 g/mol. The van der Waals surface area contributed by atoms with Crippen molar-refractivity contribution in [2.24, 2.45) is 10.9 Å². The molecule has 2 aliphatic rings. The van der Waals surface area contributed by atoms with Gasteiger partial charge in [0.25, 0.3) is 11.8 Å². The molecule has 13 nitrogen and oxygen atoms in total. The Morgan fingerprint density at radius 2 is 2.20 bits per heavy atom. The Bertz CT molecular complexity index is 974. The van der Waals surface area contributed by atoms with Gasteiger partial charge in [-0.3, -0.25) is 14.5 Å². The Morgan fingerprint density at radius 1 is 1.47 bits per heavy atom. The molecule has 0 unspecified atom stereocenters. The van der Waals surface area contributed by atoms with Crippen LogP contribution in [0.4, 0.5) is 9.93 Å². The first kappa shape index (κ1) is 21.4. The number of nitrogens with zero attached hydrogens (tertiary/aromatic N) is 3. The van der Waals surface area contributed by atoms with E-state index < -0.39 is 35.3 Å². The van der Waals surface area contributed by atoms with Crippen LogP contribution in [0.2, 0.25) is 0 Å². The summed E-state index contributed by atoms with van der Waals surface area (Å²) < 4.78 is 4.66. The number of anilines is 1. The molecule has 15 heteroatoms. The van der Waals surface area contributed by atoms with E-state index in [1.807, 2.05) is 0 Å². The maximum atomic E-state index is 12.6. The number of primary amides is 1. The van der Waals surface area contributed by atoms with Crippen LogP contribution in [0.3, 0.4) is 0 Å². The molecule has 3 amide bonds. The summed E-state index contributed by atoms with van der Waals surface area (Å²) in [5.74, 6) is -2.56. The molecular weight excluding hydrogens is 440 g/mol. The zero-order valence-corrected chi connectivity index (χ0v) is 17.0. The number of nitrogen functional groups attached to an aromatic ring is 1. The van der Waals surface area contributed by atoms with Gasteiger partial charge in [0.15, 0.2) is 10.8 Å². The Labute approximate surface area is 177 Å². The fourth-order valence-electron chi connectivity index (χ4n) is 2.85. The first-order valence-corrected chi connectivity index (χ1v) is 10.1. The molecule has 6 N–H and O–H groups in total. The molecule has 0 spiro atoms. The number of aromatic nitrogens is 1. The zero-order valence-electron chi connectivity index (χ0n) is 15.4. The van der Waals surface area contributed by atoms with Crippen LogP contribution in [0.25, 0.3) is 0 Å². The monoisotopic (exact) mass is 456 g/mol. The fourth-order valence-corrected chi connectivity index (χ4v) is 4.73. The summed E-state index contributed by atoms with van der Waals surface area (Å²) in [4.78, 5) is 57.4. The molecule has 0 aliphatic carbocycles. The van der Waals surface area contributed by atoms with E-state index in [-0.39, 0.29) is 40.2 Å². The lowest BCUT2D eigenvalue weighted by atomic mass is 10.0. The predicted octanol–water partition coefficient (Wildman–Crippen LogP) is -1.09. The van der Waals surface area contributed by atoms with Gasteiger partial charge in [-0.05, 0) is 0 Å². The standard InChI is InChI=1S/C15H16N6O7S2/c1-27-20-7(6-4-30-14(16)18-6)10(22)19-8-11(23)21-9(13(24)25)5(2-28-15(17)26)3-29-12(8)21/h4,8,12H,2-3H2,1H3,(H2,16,18)(H2,17,26)(H,19,22)(H,24,25)/b20-7-/t8-,12-/m1/s1. The molecule has 0 saturated carbocycles. The van der Waals surface area contributed by atoms with Crippen molar-refractivity contribution in [1.29, 1.82) is 0 Å². The van der Waals surface area contributed by atoms with Crippen molar-refractivity contribution < 1.29 is 33.9 Å². The topological polar surface area (TPSA) is 200 Å². The lowest BCUT2D eigenvalue weighted by molar-refractivity contribution is -0.150. The second kappa shape index (κ2) is 8.58. The molecular formula is C15H16N6O7S2. The number of hydrogen-bond acceptors (Lipinski definition) is 11. The fraction of sp³-hybridized carbons (Fsp3) is 0.333. The highest BCUT2D eigenvalue weighted by Gasteiger charge is 2.54. The van der Waals surface area contributed by atoms with Gasteiger partial charge in [0, 0.05) is 16.7 Å². The summed E-state index contributed by atoms with van der Waals surface area (Å²) in [6.07, 6.45) is -1.06. The molecule has 0 bridgehead atoms. The van der Waals surface area contributed by atoms with Crippen LogP contribution in [0.5, 0.6) is 0 Å². The van der Waals surface area contributed by atoms with E-state index in [2.05, 4.69) is 25.0 Å². The quantitative estimate of drug-likeness (QED) is 0.222. The third-order valence-corrected chi connectivity index (χ3v) is 6.10. The number of amides is 3. The van der Waals surface area contributed by atoms with Gasteiger partial charge in [-0.1, -0.05) is 5.16 Å². The number of β-lactam (4-membered cyclic amide) rings is 1. The summed E-state index contributed by atoms with van der Waals surface area (Å²) >= 11 is 2.30. The van der Waals surface area contributed by atoms with Crippen LogP contribution >= 0.6 is 23.1 Å². The van der Waals surface area contributed by atoms with E-state index >= 15 is 0 Å². The molecule has 1 aromatic heterocycles. The zero-order chi connectivity index (χ0) is 22.0. The molecule has 2 aliphatic heterocycles. The highest BCUT2D eigenvalue weighted by atomic mass is 32.2. The third kappa shape index (κ3) is 4.02. The van der Waals surface area contributed by atoms with E-state index in [1.165, 1.54) is 24.3 Å². The minimum Gasteiger partial charge on any atom is -0.477 e. The number of thioether (sulfide) groups is 1. The number of nitrogens with one attached hydrogen (secondary N) is 1. The van der Waals surface area contributed by atoms with Gasteiger partial charge in [-0.2, -0.15) is 0 Å². The number of carboxylic acids is 1. The number of ether oxygens (including phenoxy) is 1. The average Bonchev–Trinajstić information content (AvgIpc) is 3.13. The second-order valence-electron chi connectivity index (χ2n) is 5.92. The highest BCUT2D eigenvalue weighted by Crippen LogP contribution is 2.40. The number of hydrogen-bond donors (Lipinski definition) is 4. The lowest BCUT2D eigenvalue weighted by Crippen LogP contribution is -2.71. The first-order chi connectivity index (χ1) is 14.2. The largest absolute Gasteiger partial charge is 0.477 e. The molecule has 2 atom stereocenters. The van der Waals surface area contributed by atoms with Crippen molar-refractivity contribution in [3.05, 3.63) is 22.3 Å². The summed E-state index contributed by atoms with van der Waals surface area (Å²) in [5.41, 5.74) is 10.4. The Morgan fingerprint density at radius 3 is 2.77 bits per heavy atom. The van der Waals surface area contributed by atoms with E-state index in [9.17, 15) is 24.3 Å². The summed E-state index contributed by atoms with van der Waals surface area (Å²) in [6, 6.07) is -0.992. The predicted molar refractivity (Wildman–Crippen MR) is 105 cm³/mol. The number of aliphatic carboxylic acids is 1. The van der Waals surface area contributed by atoms with Crippen molar-refractivity contribution in [1.82, 2.24) is 15.2 Å². The summed E-state index contributed by atoms with van der Waals surface area (Å²) in [5, 5.41) is 16.8. The number of carbonyl (C=O) groups excluding carboxylic acids is 3. The van der Waals surface area contributed by atoms with Gasteiger partial charge in [0.1, 0.15) is 36.5 Å². The molecule has 1 fully saturated rings. The number of thiazole rings is 1. The van der Waals surface area contributed by atoms with Crippen LogP contribution in [0, 0.1) is 0 Å². The van der Waals surface area contributed by atoms with E-state index in [1.54, 1.807) is 0 Å². The maximum absolute atomic E-state index is 12.6. The molecule has 160 valence electrons. The molecule has 0 aromatic carbocycles. The number of oxime groups is 1. The van der Waals surface area contributed by atoms with E-state index in [0.717, 1.165) is 16.2 Å². The Hall–Kier alpha value is -3.33. The Kier molecular flexibility index (Phi) is 6.12. The number of carbonyl (C=O) groups is 4. The summed E-state index contributed by atoms with van der Waals surface area (Å²) in [6.45, 7) is -0.354. The van der Waals surface area contributed by atoms with Gasteiger partial charge in [-0.15, -0.1) is 23.1 Å². The number of nitrogens with two attached hydrogens (primary N) is 2. The maximum Gasteiger partial charge on any atom is 0.404 e. The van der Waals surface area contributed by atoms with E-state index in [4.69, 9.17) is 11.5 Å². The Balaban J connectivity index is 1.77. The number of carboxylic acid groups (broad SMARTS) is 1. The van der Waals surface area contributed by atoms with Crippen LogP contribution in [0.1, 0.15) is 5.69 Å². The van der Waals surface area contributed by atoms with Crippen LogP contribution in [-0.4, -0.2) is 75.5 Å². The lowest BCUT2D eigenvalue weighted by Gasteiger charge is -2.49. The normalized spacial score (nSPS) is 20.9. The summed E-state index contributed by atoms with van der Waals surface area (Å²) in [7, 11) is 1.25. The minimum absolute atomic E-state index is 0.164. The van der Waals surface area contributed by atoms with Crippen LogP contribution in [-0.2, 0) is 24.0 Å². The number of rotatable bonds is 7. The van der Waals surface area contributed by atoms with Crippen molar-refractivity contribution in [2.45, 2.75) is 11.4 Å². The van der Waals surface area contributed by atoms with Gasteiger partial charge in [-0.25, -0.2) is 14.6 Å².